The van der Waals surface area contributed by atoms with E-state index in [0.717, 1.165) is 5.75 Å². The third kappa shape index (κ3) is 2.37. The molecule has 0 bridgehead atoms. The monoisotopic (exact) mass is 159 g/mol. The molecule has 0 N–H and O–H groups in total. The molecule has 0 fully saturated rings. The molecule has 0 saturated heterocycles. The smallest absolute Gasteiger partial charge is 0.0794 e. The van der Waals surface area contributed by atoms with E-state index >= 15 is 0 Å². The molecule has 0 radical (unpaired) electrons. The highest BCUT2D eigenvalue weighted by Gasteiger charge is 1.90. The molecule has 0 amide bonds. The van der Waals surface area contributed by atoms with E-state index < -0.39 is 0 Å². The molecule has 0 aliphatic rings. The number of aromatic nitrogens is 1. The van der Waals surface area contributed by atoms with Crippen LogP contribution in [0.15, 0.2) is 11.7 Å². The van der Waals surface area contributed by atoms with Gasteiger partial charge in [-0.1, -0.05) is 6.92 Å². The molecule has 1 aromatic heterocycles. The summed E-state index contributed by atoms with van der Waals surface area (Å²) in [5.74, 6) is 2.32. The van der Waals surface area contributed by atoms with Gasteiger partial charge in [0, 0.05) is 16.8 Å². The van der Waals surface area contributed by atoms with E-state index in [9.17, 15) is 0 Å². The molecule has 0 spiro atoms. The maximum atomic E-state index is 3.98. The number of hydrogen-bond acceptors (Lipinski definition) is 3. The van der Waals surface area contributed by atoms with E-state index in [1.165, 1.54) is 10.6 Å². The molecule has 1 heterocycles. The van der Waals surface area contributed by atoms with Crippen molar-refractivity contribution in [3.05, 3.63) is 16.6 Å². The van der Waals surface area contributed by atoms with E-state index in [1.807, 2.05) is 23.5 Å². The second-order valence-electron chi connectivity index (χ2n) is 1.60. The van der Waals surface area contributed by atoms with Crippen molar-refractivity contribution in [1.29, 1.82) is 0 Å². The van der Waals surface area contributed by atoms with Crippen molar-refractivity contribution >= 4 is 23.1 Å². The molecule has 0 atom stereocenters. The molecule has 0 saturated carbocycles. The molecular weight excluding hydrogens is 150 g/mol. The summed E-state index contributed by atoms with van der Waals surface area (Å²) in [6, 6.07) is 0. The maximum absolute atomic E-state index is 3.98. The fourth-order valence-electron chi connectivity index (χ4n) is 0.516. The van der Waals surface area contributed by atoms with E-state index in [0.29, 0.717) is 0 Å². The van der Waals surface area contributed by atoms with Gasteiger partial charge in [-0.3, -0.25) is 4.98 Å². The summed E-state index contributed by atoms with van der Waals surface area (Å²) in [6.45, 7) is 2.17. The van der Waals surface area contributed by atoms with E-state index in [4.69, 9.17) is 0 Å². The summed E-state index contributed by atoms with van der Waals surface area (Å²) in [5, 5.41) is 0. The Morgan fingerprint density at radius 2 is 2.67 bits per heavy atom. The molecule has 1 aromatic rings. The highest BCUT2D eigenvalue weighted by Crippen LogP contribution is 2.14. The second kappa shape index (κ2) is 3.90. The Morgan fingerprint density at radius 3 is 3.22 bits per heavy atom. The Bertz CT molecular complexity index is 148. The third-order valence-electron chi connectivity index (χ3n) is 0.932. The number of hydrogen-bond donors (Lipinski definition) is 0. The lowest BCUT2D eigenvalue weighted by Crippen LogP contribution is -1.72. The lowest BCUT2D eigenvalue weighted by molar-refractivity contribution is 1.37. The van der Waals surface area contributed by atoms with Crippen molar-refractivity contribution in [2.24, 2.45) is 0 Å². The van der Waals surface area contributed by atoms with Gasteiger partial charge in [-0.05, 0) is 5.75 Å². The minimum atomic E-state index is 1.13. The van der Waals surface area contributed by atoms with Crippen LogP contribution in [0.2, 0.25) is 0 Å². The molecule has 0 aliphatic heterocycles. The zero-order valence-corrected chi connectivity index (χ0v) is 6.97. The number of nitrogens with zero attached hydrogens (tertiary/aromatic N) is 1. The summed E-state index contributed by atoms with van der Waals surface area (Å²) in [7, 11) is 0. The van der Waals surface area contributed by atoms with Gasteiger partial charge in [0.2, 0.25) is 0 Å². The Morgan fingerprint density at radius 1 is 1.78 bits per heavy atom. The zero-order valence-electron chi connectivity index (χ0n) is 5.33. The van der Waals surface area contributed by atoms with Crippen LogP contribution in [0.1, 0.15) is 11.8 Å². The molecule has 1 rings (SSSR count). The fourth-order valence-corrected chi connectivity index (χ4v) is 1.90. The normalized spacial score (nSPS) is 9.89. The molecular formula is C6H9NS2. The van der Waals surface area contributed by atoms with E-state index in [2.05, 4.69) is 11.9 Å². The van der Waals surface area contributed by atoms with Crippen molar-refractivity contribution < 1.29 is 0 Å². The first-order valence-corrected chi connectivity index (χ1v) is 4.92. The van der Waals surface area contributed by atoms with Crippen molar-refractivity contribution in [2.75, 3.05) is 5.75 Å². The van der Waals surface area contributed by atoms with Crippen LogP contribution in [-0.2, 0) is 5.75 Å². The third-order valence-corrected chi connectivity index (χ3v) is 2.82. The predicted octanol–water partition coefficient (Wildman–Crippen LogP) is 2.40. The molecule has 0 unspecified atom stereocenters. The van der Waals surface area contributed by atoms with Gasteiger partial charge in [0.1, 0.15) is 0 Å². The van der Waals surface area contributed by atoms with Gasteiger partial charge in [-0.25, -0.2) is 0 Å². The highest BCUT2D eigenvalue weighted by molar-refractivity contribution is 7.98. The summed E-state index contributed by atoms with van der Waals surface area (Å²) >= 11 is 3.67. The maximum Gasteiger partial charge on any atom is 0.0794 e. The van der Waals surface area contributed by atoms with Crippen LogP contribution in [0.3, 0.4) is 0 Å². The summed E-state index contributed by atoms with van der Waals surface area (Å²) in [6.07, 6.45) is 1.94. The quantitative estimate of drug-likeness (QED) is 0.671. The average molecular weight is 159 g/mol. The summed E-state index contributed by atoms with van der Waals surface area (Å²) in [5.41, 5.74) is 1.88. The Hall–Kier alpha value is -0.0200. The molecule has 9 heavy (non-hydrogen) atoms. The molecule has 1 nitrogen and oxygen atoms in total. The van der Waals surface area contributed by atoms with Crippen molar-refractivity contribution in [1.82, 2.24) is 4.98 Å². The number of rotatable bonds is 3. The summed E-state index contributed by atoms with van der Waals surface area (Å²) < 4.78 is 0. The van der Waals surface area contributed by atoms with Gasteiger partial charge in [0.25, 0.3) is 0 Å². The first-order chi connectivity index (χ1) is 4.43. The van der Waals surface area contributed by atoms with Crippen LogP contribution in [0.5, 0.6) is 0 Å². The first-order valence-electron chi connectivity index (χ1n) is 2.88. The minimum Gasteiger partial charge on any atom is -0.253 e. The van der Waals surface area contributed by atoms with Crippen LogP contribution >= 0.6 is 23.1 Å². The van der Waals surface area contributed by atoms with Crippen LogP contribution in [0.4, 0.5) is 0 Å². The van der Waals surface area contributed by atoms with Crippen molar-refractivity contribution in [3.63, 3.8) is 0 Å². The topological polar surface area (TPSA) is 12.9 Å². The van der Waals surface area contributed by atoms with E-state index in [-0.39, 0.29) is 0 Å². The van der Waals surface area contributed by atoms with Crippen LogP contribution in [0.25, 0.3) is 0 Å². The Labute approximate surface area is 63.5 Å². The zero-order chi connectivity index (χ0) is 6.53. The molecule has 3 heteroatoms. The largest absolute Gasteiger partial charge is 0.253 e. The van der Waals surface area contributed by atoms with Gasteiger partial charge in [-0.2, -0.15) is 11.8 Å². The van der Waals surface area contributed by atoms with Gasteiger partial charge >= 0.3 is 0 Å². The van der Waals surface area contributed by atoms with Gasteiger partial charge < -0.3 is 0 Å². The van der Waals surface area contributed by atoms with Crippen LogP contribution < -0.4 is 0 Å². The van der Waals surface area contributed by atoms with Crippen LogP contribution in [0, 0.1) is 0 Å². The van der Waals surface area contributed by atoms with Gasteiger partial charge in [-0.15, -0.1) is 11.3 Å². The summed E-state index contributed by atoms with van der Waals surface area (Å²) in [4.78, 5) is 5.36. The molecule has 0 aromatic carbocycles. The fraction of sp³-hybridized carbons (Fsp3) is 0.500. The number of thiazole rings is 1. The molecule has 0 aliphatic carbocycles. The van der Waals surface area contributed by atoms with Crippen molar-refractivity contribution in [2.45, 2.75) is 12.7 Å². The van der Waals surface area contributed by atoms with Crippen molar-refractivity contribution in [3.8, 4) is 0 Å². The second-order valence-corrected chi connectivity index (χ2v) is 3.85. The first kappa shape index (κ1) is 7.09. The van der Waals surface area contributed by atoms with Gasteiger partial charge in [0.15, 0.2) is 0 Å². The van der Waals surface area contributed by atoms with Gasteiger partial charge in [0.05, 0.1) is 5.51 Å². The Kier molecular flexibility index (Phi) is 3.08. The number of thioether (sulfide) groups is 1. The standard InChI is InChI=1S/C6H9NS2/c1-2-8-4-6-3-7-5-9-6/h3,5H,2,4H2,1H3. The average Bonchev–Trinajstić information content (AvgIpc) is 2.34. The van der Waals surface area contributed by atoms with Crippen LogP contribution in [-0.4, -0.2) is 10.7 Å². The molecule has 50 valence electrons. The Balaban J connectivity index is 2.30. The SMILES string of the molecule is CCSCc1cncs1. The lowest BCUT2D eigenvalue weighted by Gasteiger charge is -1.89. The lowest BCUT2D eigenvalue weighted by atomic mass is 10.6. The highest BCUT2D eigenvalue weighted by atomic mass is 32.2. The van der Waals surface area contributed by atoms with E-state index in [1.54, 1.807) is 11.3 Å². The predicted molar refractivity (Wildman–Crippen MR) is 44.0 cm³/mol. The minimum absolute atomic E-state index is 1.13.